The van der Waals surface area contributed by atoms with Crippen molar-refractivity contribution in [1.82, 2.24) is 9.97 Å². The highest BCUT2D eigenvalue weighted by Crippen LogP contribution is 2.31. The lowest BCUT2D eigenvalue weighted by Gasteiger charge is -2.21. The number of hydrogen-bond donors (Lipinski definition) is 0. The predicted octanol–water partition coefficient (Wildman–Crippen LogP) is 4.90. The fraction of sp³-hybridized carbons (Fsp3) is 0.263. The number of fused-ring (bicyclic) bond motifs is 1. The van der Waals surface area contributed by atoms with Crippen LogP contribution in [0.3, 0.4) is 0 Å². The van der Waals surface area contributed by atoms with Crippen molar-refractivity contribution in [3.05, 3.63) is 59.9 Å². The smallest absolute Gasteiger partial charge is 0.116 e. The quantitative estimate of drug-likeness (QED) is 0.631. The van der Waals surface area contributed by atoms with Gasteiger partial charge in [-0.3, -0.25) is 0 Å². The molecule has 0 bridgehead atoms. The number of aryl methyl sites for hydroxylation is 1. The summed E-state index contributed by atoms with van der Waals surface area (Å²) in [5, 5.41) is 1.10. The van der Waals surface area contributed by atoms with E-state index in [0.29, 0.717) is 0 Å². The predicted molar refractivity (Wildman–Crippen MR) is 88.4 cm³/mol. The number of hydrogen-bond acceptors (Lipinski definition) is 2. The topological polar surface area (TPSA) is 25.8 Å². The molecule has 2 aromatic carbocycles. The summed E-state index contributed by atoms with van der Waals surface area (Å²) in [7, 11) is 0. The lowest BCUT2D eigenvalue weighted by molar-refractivity contribution is 0.590. The molecule has 2 nitrogen and oxygen atoms in total. The van der Waals surface area contributed by atoms with Crippen LogP contribution in [-0.2, 0) is 5.41 Å². The maximum Gasteiger partial charge on any atom is 0.116 e. The molecule has 0 N–H and O–H groups in total. The van der Waals surface area contributed by atoms with Crippen LogP contribution in [0, 0.1) is 6.92 Å². The van der Waals surface area contributed by atoms with Crippen molar-refractivity contribution in [1.29, 1.82) is 0 Å². The summed E-state index contributed by atoms with van der Waals surface area (Å²) in [6.45, 7) is 8.86. The summed E-state index contributed by atoms with van der Waals surface area (Å²) in [5.41, 5.74) is 5.89. The maximum atomic E-state index is 4.53. The highest BCUT2D eigenvalue weighted by atomic mass is 14.8. The Hall–Kier alpha value is -2.22. The Balaban J connectivity index is 2.26. The Kier molecular flexibility index (Phi) is 3.25. The fourth-order valence-electron chi connectivity index (χ4n) is 2.59. The molecule has 2 heteroatoms. The molecule has 0 saturated carbocycles. The van der Waals surface area contributed by atoms with Crippen LogP contribution in [0.25, 0.3) is 22.2 Å². The van der Waals surface area contributed by atoms with Crippen molar-refractivity contribution in [3.8, 4) is 11.3 Å². The first kappa shape index (κ1) is 13.7. The molecule has 21 heavy (non-hydrogen) atoms. The summed E-state index contributed by atoms with van der Waals surface area (Å²) >= 11 is 0. The van der Waals surface area contributed by atoms with Crippen molar-refractivity contribution in [2.45, 2.75) is 33.1 Å². The fourth-order valence-corrected chi connectivity index (χ4v) is 2.59. The number of rotatable bonds is 1. The monoisotopic (exact) mass is 276 g/mol. The second-order valence-corrected chi connectivity index (χ2v) is 6.58. The Morgan fingerprint density at radius 2 is 1.67 bits per heavy atom. The average Bonchev–Trinajstić information content (AvgIpc) is 2.45. The van der Waals surface area contributed by atoms with Crippen molar-refractivity contribution < 1.29 is 0 Å². The van der Waals surface area contributed by atoms with Gasteiger partial charge in [0.05, 0.1) is 11.2 Å². The van der Waals surface area contributed by atoms with E-state index in [0.717, 1.165) is 16.6 Å². The van der Waals surface area contributed by atoms with Crippen molar-refractivity contribution in [2.75, 3.05) is 0 Å². The van der Waals surface area contributed by atoms with E-state index in [1.165, 1.54) is 16.7 Å². The molecule has 3 aromatic rings. The molecule has 0 atom stereocenters. The van der Waals surface area contributed by atoms with Crippen LogP contribution in [0.1, 0.15) is 31.9 Å². The molecule has 0 aliphatic heterocycles. The Labute approximate surface area is 125 Å². The molecule has 106 valence electrons. The molecule has 0 spiro atoms. The first-order chi connectivity index (χ1) is 9.95. The van der Waals surface area contributed by atoms with Gasteiger partial charge in [-0.1, -0.05) is 50.6 Å². The number of benzene rings is 2. The van der Waals surface area contributed by atoms with E-state index >= 15 is 0 Å². The lowest BCUT2D eigenvalue weighted by Crippen LogP contribution is -2.11. The summed E-state index contributed by atoms with van der Waals surface area (Å²) in [6.07, 6.45) is 1.65. The van der Waals surface area contributed by atoms with E-state index in [-0.39, 0.29) is 5.41 Å². The van der Waals surface area contributed by atoms with Crippen LogP contribution >= 0.6 is 0 Å². The first-order valence-electron chi connectivity index (χ1n) is 7.27. The molecular formula is C19H20N2. The standard InChI is InChI=1S/C19H20N2/c1-13-9-14(11-15(10-13)19(2,3)4)18-16-7-5-6-8-17(16)20-12-21-18/h5-12H,1-4H3. The molecule has 0 saturated heterocycles. The minimum Gasteiger partial charge on any atom is -0.236 e. The zero-order valence-corrected chi connectivity index (χ0v) is 13.0. The normalized spacial score (nSPS) is 11.8. The highest BCUT2D eigenvalue weighted by molar-refractivity contribution is 5.92. The first-order valence-corrected chi connectivity index (χ1v) is 7.27. The van der Waals surface area contributed by atoms with Crippen LogP contribution in [0.5, 0.6) is 0 Å². The second kappa shape index (κ2) is 4.96. The van der Waals surface area contributed by atoms with E-state index in [4.69, 9.17) is 0 Å². The minimum atomic E-state index is 0.129. The molecule has 1 aromatic heterocycles. The molecule has 0 unspecified atom stereocenters. The van der Waals surface area contributed by atoms with Gasteiger partial charge in [0.2, 0.25) is 0 Å². The lowest BCUT2D eigenvalue weighted by atomic mass is 9.84. The molecular weight excluding hydrogens is 256 g/mol. The van der Waals surface area contributed by atoms with Gasteiger partial charge in [0.15, 0.2) is 0 Å². The highest BCUT2D eigenvalue weighted by Gasteiger charge is 2.16. The zero-order valence-electron chi connectivity index (χ0n) is 13.0. The average molecular weight is 276 g/mol. The van der Waals surface area contributed by atoms with Crippen molar-refractivity contribution in [2.24, 2.45) is 0 Å². The van der Waals surface area contributed by atoms with Gasteiger partial charge >= 0.3 is 0 Å². The molecule has 3 rings (SSSR count). The molecule has 0 amide bonds. The molecule has 0 radical (unpaired) electrons. The summed E-state index contributed by atoms with van der Waals surface area (Å²) in [6, 6.07) is 14.9. The third kappa shape index (κ3) is 2.66. The number of nitrogens with zero attached hydrogens (tertiary/aromatic N) is 2. The van der Waals surface area contributed by atoms with Crippen LogP contribution < -0.4 is 0 Å². The van der Waals surface area contributed by atoms with Gasteiger partial charge in [0.25, 0.3) is 0 Å². The van der Waals surface area contributed by atoms with Crippen molar-refractivity contribution >= 4 is 10.9 Å². The van der Waals surface area contributed by atoms with E-state index in [1.54, 1.807) is 6.33 Å². The van der Waals surface area contributed by atoms with Gasteiger partial charge in [-0.15, -0.1) is 0 Å². The third-order valence-electron chi connectivity index (χ3n) is 3.76. The van der Waals surface area contributed by atoms with Gasteiger partial charge in [0, 0.05) is 10.9 Å². The van der Waals surface area contributed by atoms with Gasteiger partial charge < -0.3 is 0 Å². The summed E-state index contributed by atoms with van der Waals surface area (Å²) in [4.78, 5) is 8.88. The van der Waals surface area contributed by atoms with Gasteiger partial charge in [-0.05, 0) is 36.1 Å². The van der Waals surface area contributed by atoms with Crippen LogP contribution in [0.2, 0.25) is 0 Å². The Morgan fingerprint density at radius 3 is 2.43 bits per heavy atom. The Morgan fingerprint density at radius 1 is 0.905 bits per heavy atom. The summed E-state index contributed by atoms with van der Waals surface area (Å²) < 4.78 is 0. The van der Waals surface area contributed by atoms with E-state index in [2.05, 4.69) is 61.9 Å². The van der Waals surface area contributed by atoms with Crippen LogP contribution in [0.15, 0.2) is 48.8 Å². The number of aromatic nitrogens is 2. The second-order valence-electron chi connectivity index (χ2n) is 6.58. The van der Waals surface area contributed by atoms with Gasteiger partial charge in [0.1, 0.15) is 6.33 Å². The maximum absolute atomic E-state index is 4.53. The minimum absolute atomic E-state index is 0.129. The van der Waals surface area contributed by atoms with E-state index in [9.17, 15) is 0 Å². The van der Waals surface area contributed by atoms with Gasteiger partial charge in [-0.2, -0.15) is 0 Å². The SMILES string of the molecule is Cc1cc(-c2ncnc3ccccc23)cc(C(C)(C)C)c1. The van der Waals surface area contributed by atoms with Crippen molar-refractivity contribution in [3.63, 3.8) is 0 Å². The largest absolute Gasteiger partial charge is 0.236 e. The van der Waals surface area contributed by atoms with E-state index < -0.39 is 0 Å². The van der Waals surface area contributed by atoms with E-state index in [1.807, 2.05) is 18.2 Å². The van der Waals surface area contributed by atoms with Crippen LogP contribution in [-0.4, -0.2) is 9.97 Å². The summed E-state index contributed by atoms with van der Waals surface area (Å²) in [5.74, 6) is 0. The molecule has 0 aliphatic carbocycles. The Bertz CT molecular complexity index is 793. The van der Waals surface area contributed by atoms with Crippen LogP contribution in [0.4, 0.5) is 0 Å². The molecule has 1 heterocycles. The zero-order chi connectivity index (χ0) is 15.0. The molecule has 0 fully saturated rings. The third-order valence-corrected chi connectivity index (χ3v) is 3.76. The molecule has 0 aliphatic rings. The number of para-hydroxylation sites is 1. The van der Waals surface area contributed by atoms with Gasteiger partial charge in [-0.25, -0.2) is 9.97 Å².